The summed E-state index contributed by atoms with van der Waals surface area (Å²) in [5.41, 5.74) is 1.81. The summed E-state index contributed by atoms with van der Waals surface area (Å²) in [5, 5.41) is 6.48. The quantitative estimate of drug-likeness (QED) is 0.635. The van der Waals surface area contributed by atoms with Crippen LogP contribution in [0.2, 0.25) is 0 Å². The highest BCUT2D eigenvalue weighted by molar-refractivity contribution is 5.92. The van der Waals surface area contributed by atoms with Crippen LogP contribution in [0.3, 0.4) is 0 Å². The molecule has 0 aliphatic rings. The van der Waals surface area contributed by atoms with Gasteiger partial charge in [0, 0.05) is 13.2 Å². The van der Waals surface area contributed by atoms with Gasteiger partial charge in [0.2, 0.25) is 0 Å². The Balaban J connectivity index is 2.44. The predicted molar refractivity (Wildman–Crippen MR) is 91.6 cm³/mol. The molecule has 0 amide bonds. The highest BCUT2D eigenvalue weighted by atomic mass is 16.1. The molecule has 2 rings (SSSR count). The number of hydrogen-bond acceptors (Lipinski definition) is 4. The third-order valence-corrected chi connectivity index (χ3v) is 3.08. The standard InChI is InChI=1S/C16H19N5O/c1-4-8-13-15(18-3)14-12(11-19-13)16(22)21(20-14)10-7-5-6-9-17-2/h4-9,11,17,20H,3,10H2,1-2H3/b7-5-,8-4-,9-6-. The first-order chi connectivity index (χ1) is 10.7. The van der Waals surface area contributed by atoms with Gasteiger partial charge in [-0.15, -0.1) is 0 Å². The van der Waals surface area contributed by atoms with Crippen molar-refractivity contribution in [2.75, 3.05) is 7.05 Å². The molecular weight excluding hydrogens is 278 g/mol. The zero-order valence-corrected chi connectivity index (χ0v) is 12.7. The third-order valence-electron chi connectivity index (χ3n) is 3.08. The van der Waals surface area contributed by atoms with E-state index in [4.69, 9.17) is 0 Å². The minimum Gasteiger partial charge on any atom is -0.394 e. The lowest BCUT2D eigenvalue weighted by molar-refractivity contribution is 0.687. The van der Waals surface area contributed by atoms with Gasteiger partial charge < -0.3 is 5.32 Å². The Morgan fingerprint density at radius 3 is 3.00 bits per heavy atom. The van der Waals surface area contributed by atoms with E-state index in [-0.39, 0.29) is 5.56 Å². The van der Waals surface area contributed by atoms with E-state index in [0.717, 1.165) is 0 Å². The van der Waals surface area contributed by atoms with Gasteiger partial charge in [-0.05, 0) is 32.0 Å². The molecule has 0 aromatic carbocycles. The fourth-order valence-corrected chi connectivity index (χ4v) is 2.09. The van der Waals surface area contributed by atoms with Gasteiger partial charge in [0.15, 0.2) is 0 Å². The molecule has 2 aromatic rings. The summed E-state index contributed by atoms with van der Waals surface area (Å²) in [5.74, 6) is 0. The molecule has 0 radical (unpaired) electrons. The number of aromatic amines is 1. The Bertz CT molecular complexity index is 808. The molecule has 6 heteroatoms. The normalized spacial score (nSPS) is 12.1. The van der Waals surface area contributed by atoms with E-state index in [2.05, 4.69) is 27.1 Å². The van der Waals surface area contributed by atoms with Crippen LogP contribution in [0.15, 0.2) is 46.5 Å². The predicted octanol–water partition coefficient (Wildman–Crippen LogP) is 2.38. The van der Waals surface area contributed by atoms with Crippen molar-refractivity contribution in [2.24, 2.45) is 4.99 Å². The van der Waals surface area contributed by atoms with Crippen LogP contribution >= 0.6 is 0 Å². The molecular formula is C16H19N5O. The largest absolute Gasteiger partial charge is 0.394 e. The number of pyridine rings is 1. The fraction of sp³-hybridized carbons (Fsp3) is 0.188. The molecule has 0 aliphatic carbocycles. The van der Waals surface area contributed by atoms with Gasteiger partial charge in [-0.25, -0.2) is 4.68 Å². The molecule has 0 fully saturated rings. The average molecular weight is 297 g/mol. The zero-order chi connectivity index (χ0) is 15.9. The molecule has 0 atom stereocenters. The third kappa shape index (κ3) is 3.06. The SMILES string of the molecule is C=Nc1c(/C=C\C)ncc2c(=O)n(C/C=C\C=C/NC)[nH]c12. The minimum absolute atomic E-state index is 0.123. The number of nitrogens with one attached hydrogen (secondary N) is 2. The highest BCUT2D eigenvalue weighted by Crippen LogP contribution is 2.25. The van der Waals surface area contributed by atoms with Crippen molar-refractivity contribution in [3.63, 3.8) is 0 Å². The van der Waals surface area contributed by atoms with E-state index in [0.29, 0.717) is 28.8 Å². The van der Waals surface area contributed by atoms with Crippen LogP contribution in [0.25, 0.3) is 17.0 Å². The molecule has 0 unspecified atom stereocenters. The van der Waals surface area contributed by atoms with Crippen LogP contribution in [0.5, 0.6) is 0 Å². The first kappa shape index (κ1) is 15.5. The lowest BCUT2D eigenvalue weighted by atomic mass is 10.2. The van der Waals surface area contributed by atoms with Gasteiger partial charge in [-0.1, -0.05) is 18.2 Å². The van der Waals surface area contributed by atoms with Gasteiger partial charge >= 0.3 is 0 Å². The van der Waals surface area contributed by atoms with Crippen molar-refractivity contribution < 1.29 is 0 Å². The number of hydrogen-bond donors (Lipinski definition) is 2. The van der Waals surface area contributed by atoms with Gasteiger partial charge in [0.25, 0.3) is 5.56 Å². The number of nitrogens with zero attached hydrogens (tertiary/aromatic N) is 3. The van der Waals surface area contributed by atoms with Crippen LogP contribution in [-0.2, 0) is 6.54 Å². The van der Waals surface area contributed by atoms with Crippen molar-refractivity contribution in [3.8, 4) is 0 Å². The fourth-order valence-electron chi connectivity index (χ4n) is 2.09. The smallest absolute Gasteiger partial charge is 0.276 e. The number of fused-ring (bicyclic) bond motifs is 1. The second kappa shape index (κ2) is 7.21. The van der Waals surface area contributed by atoms with Crippen LogP contribution in [0.1, 0.15) is 12.6 Å². The number of aromatic nitrogens is 3. The summed E-state index contributed by atoms with van der Waals surface area (Å²) in [7, 11) is 1.83. The lowest BCUT2D eigenvalue weighted by Crippen LogP contribution is -2.15. The summed E-state index contributed by atoms with van der Waals surface area (Å²) in [6.07, 6.45) is 12.7. The molecule has 0 saturated carbocycles. The molecule has 2 heterocycles. The van der Waals surface area contributed by atoms with Crippen LogP contribution < -0.4 is 10.9 Å². The maximum atomic E-state index is 12.3. The summed E-state index contributed by atoms with van der Waals surface area (Å²) < 4.78 is 1.52. The maximum absolute atomic E-state index is 12.3. The lowest BCUT2D eigenvalue weighted by Gasteiger charge is -2.00. The van der Waals surface area contributed by atoms with Crippen molar-refractivity contribution in [1.29, 1.82) is 0 Å². The summed E-state index contributed by atoms with van der Waals surface area (Å²) in [6.45, 7) is 5.91. The highest BCUT2D eigenvalue weighted by Gasteiger charge is 2.12. The molecule has 6 nitrogen and oxygen atoms in total. The monoisotopic (exact) mass is 297 g/mol. The van der Waals surface area contributed by atoms with E-state index < -0.39 is 0 Å². The van der Waals surface area contributed by atoms with Crippen LogP contribution in [0.4, 0.5) is 5.69 Å². The molecule has 2 aromatic heterocycles. The number of allylic oxidation sites excluding steroid dienone is 4. The van der Waals surface area contributed by atoms with Crippen LogP contribution in [-0.4, -0.2) is 28.5 Å². The number of aliphatic imine (C=N–C) groups is 1. The van der Waals surface area contributed by atoms with Crippen LogP contribution in [0, 0.1) is 0 Å². The minimum atomic E-state index is -0.123. The topological polar surface area (TPSA) is 75.1 Å². The van der Waals surface area contributed by atoms with E-state index >= 15 is 0 Å². The molecule has 0 aliphatic heterocycles. The summed E-state index contributed by atoms with van der Waals surface area (Å²) >= 11 is 0. The summed E-state index contributed by atoms with van der Waals surface area (Å²) in [6, 6.07) is 0. The Hall–Kier alpha value is -2.89. The molecule has 22 heavy (non-hydrogen) atoms. The Labute approximate surface area is 128 Å². The number of rotatable bonds is 6. The molecule has 114 valence electrons. The summed E-state index contributed by atoms with van der Waals surface area (Å²) in [4.78, 5) is 20.6. The van der Waals surface area contributed by atoms with Gasteiger partial charge in [-0.3, -0.25) is 19.9 Å². The molecule has 0 bridgehead atoms. The van der Waals surface area contributed by atoms with Gasteiger partial charge in [0.1, 0.15) is 5.69 Å². The van der Waals surface area contributed by atoms with Crippen molar-refractivity contribution in [1.82, 2.24) is 20.1 Å². The van der Waals surface area contributed by atoms with E-state index in [1.54, 1.807) is 12.4 Å². The van der Waals surface area contributed by atoms with Gasteiger partial charge in [0.05, 0.1) is 23.1 Å². The molecule has 0 spiro atoms. The van der Waals surface area contributed by atoms with Crippen molar-refractivity contribution >= 4 is 29.4 Å². The molecule has 0 saturated heterocycles. The van der Waals surface area contributed by atoms with Crippen molar-refractivity contribution in [3.05, 3.63) is 52.7 Å². The Morgan fingerprint density at radius 2 is 2.32 bits per heavy atom. The van der Waals surface area contributed by atoms with Crippen molar-refractivity contribution in [2.45, 2.75) is 13.5 Å². The first-order valence-corrected chi connectivity index (χ1v) is 6.92. The van der Waals surface area contributed by atoms with E-state index in [9.17, 15) is 4.79 Å². The van der Waals surface area contributed by atoms with E-state index in [1.807, 2.05) is 44.4 Å². The van der Waals surface area contributed by atoms with Gasteiger partial charge in [-0.2, -0.15) is 0 Å². The van der Waals surface area contributed by atoms with E-state index in [1.165, 1.54) is 4.68 Å². The average Bonchev–Trinajstić information content (AvgIpc) is 2.84. The zero-order valence-electron chi connectivity index (χ0n) is 12.7. The maximum Gasteiger partial charge on any atom is 0.276 e. The Morgan fingerprint density at radius 1 is 1.50 bits per heavy atom. The number of H-pyrrole nitrogens is 1. The second-order valence-corrected chi connectivity index (χ2v) is 4.54. The second-order valence-electron chi connectivity index (χ2n) is 4.54. The molecule has 2 N–H and O–H groups in total. The Kier molecular flexibility index (Phi) is 5.08. The first-order valence-electron chi connectivity index (χ1n) is 6.92.